The van der Waals surface area contributed by atoms with Crippen molar-refractivity contribution >= 4 is 32.3 Å². The highest BCUT2D eigenvalue weighted by Gasteiger charge is 2.02. The Hall–Kier alpha value is -0.740. The van der Waals surface area contributed by atoms with E-state index in [9.17, 15) is 4.79 Å². The van der Waals surface area contributed by atoms with E-state index in [4.69, 9.17) is 16.3 Å². The smallest absolute Gasteiger partial charge is 0.287 e. The van der Waals surface area contributed by atoms with E-state index in [0.29, 0.717) is 18.0 Å². The molecule has 0 aliphatic rings. The highest BCUT2D eigenvalue weighted by atomic mass is 79.9. The molecule has 1 rings (SSSR count). The summed E-state index contributed by atoms with van der Waals surface area (Å²) in [6.45, 7) is 0.552. The van der Waals surface area contributed by atoms with Crippen molar-refractivity contribution in [1.29, 1.82) is 0 Å². The van der Waals surface area contributed by atoms with E-state index in [0.717, 1.165) is 11.3 Å². The Kier molecular flexibility index (Phi) is 4.91. The second kappa shape index (κ2) is 5.98. The van der Waals surface area contributed by atoms with E-state index in [-0.39, 0.29) is 4.82 Å². The van der Waals surface area contributed by atoms with Crippen LogP contribution < -0.4 is 10.1 Å². The van der Waals surface area contributed by atoms with Gasteiger partial charge in [-0.15, -0.1) is 0 Å². The number of nitrogens with one attached hydrogen (secondary N) is 1. The summed E-state index contributed by atoms with van der Waals surface area (Å²) in [5.41, 5.74) is 0.985. The molecule has 1 aromatic carbocycles. The lowest BCUT2D eigenvalue weighted by molar-refractivity contribution is 0.262. The minimum absolute atomic E-state index is 0.216. The van der Waals surface area contributed by atoms with Crippen LogP contribution in [0.5, 0.6) is 5.75 Å². The van der Waals surface area contributed by atoms with Crippen LogP contribution in [0.25, 0.3) is 0 Å². The molecule has 0 saturated carbocycles. The van der Waals surface area contributed by atoms with Gasteiger partial charge in [-0.1, -0.05) is 17.7 Å². The molecule has 0 unspecified atom stereocenters. The normalized spacial score (nSPS) is 9.80. The molecular formula is C10H11BrClNO2. The van der Waals surface area contributed by atoms with Gasteiger partial charge >= 0.3 is 0 Å². The molecule has 0 aliphatic heterocycles. The number of amides is 1. The number of halogens is 2. The van der Waals surface area contributed by atoms with Crippen molar-refractivity contribution in [2.24, 2.45) is 0 Å². The summed E-state index contributed by atoms with van der Waals surface area (Å²) in [6.07, 6.45) is 0.695. The summed E-state index contributed by atoms with van der Waals surface area (Å²) in [4.78, 5) is 10.4. The molecule has 0 heterocycles. The van der Waals surface area contributed by atoms with Gasteiger partial charge < -0.3 is 10.1 Å². The van der Waals surface area contributed by atoms with Crippen molar-refractivity contribution in [3.05, 3.63) is 28.8 Å². The van der Waals surface area contributed by atoms with Gasteiger partial charge in [-0.25, -0.2) is 0 Å². The Bertz CT molecular complexity index is 357. The number of carbonyl (C=O) groups is 1. The van der Waals surface area contributed by atoms with Gasteiger partial charge in [0.1, 0.15) is 5.75 Å². The molecule has 0 aromatic heterocycles. The monoisotopic (exact) mass is 291 g/mol. The van der Waals surface area contributed by atoms with Crippen LogP contribution in [0.4, 0.5) is 4.79 Å². The van der Waals surface area contributed by atoms with E-state index >= 15 is 0 Å². The summed E-state index contributed by atoms with van der Waals surface area (Å²) < 4.78 is 5.03. The number of hydrogen-bond donors (Lipinski definition) is 1. The molecule has 1 aromatic rings. The van der Waals surface area contributed by atoms with E-state index in [1.807, 2.05) is 12.1 Å². The number of benzene rings is 1. The minimum Gasteiger partial charge on any atom is -0.497 e. The maximum atomic E-state index is 10.6. The van der Waals surface area contributed by atoms with Gasteiger partial charge in [-0.05, 0) is 24.1 Å². The zero-order valence-corrected chi connectivity index (χ0v) is 10.6. The summed E-state index contributed by atoms with van der Waals surface area (Å²) in [5, 5.41) is 3.29. The van der Waals surface area contributed by atoms with Gasteiger partial charge in [0.15, 0.2) is 0 Å². The first-order chi connectivity index (χ1) is 7.13. The number of ether oxygens (including phenoxy) is 1. The van der Waals surface area contributed by atoms with Crippen molar-refractivity contribution in [3.63, 3.8) is 0 Å². The van der Waals surface area contributed by atoms with Crippen LogP contribution in [-0.2, 0) is 6.42 Å². The molecule has 1 N–H and O–H groups in total. The third kappa shape index (κ3) is 4.10. The predicted octanol–water partition coefficient (Wildman–Crippen LogP) is 3.00. The summed E-state index contributed by atoms with van der Waals surface area (Å²) in [7, 11) is 1.59. The Morgan fingerprint density at radius 3 is 2.87 bits per heavy atom. The van der Waals surface area contributed by atoms with Crippen LogP contribution in [0, 0.1) is 0 Å². The summed E-state index contributed by atoms with van der Waals surface area (Å²) >= 11 is 8.81. The Labute approximate surface area is 102 Å². The number of hydrogen-bond acceptors (Lipinski definition) is 2. The van der Waals surface area contributed by atoms with Crippen LogP contribution in [0.3, 0.4) is 0 Å². The first-order valence-electron chi connectivity index (χ1n) is 4.39. The number of methoxy groups -OCH3 is 1. The quantitative estimate of drug-likeness (QED) is 0.684. The third-order valence-corrected chi connectivity index (χ3v) is 2.55. The van der Waals surface area contributed by atoms with Crippen LogP contribution in [0.15, 0.2) is 18.2 Å². The van der Waals surface area contributed by atoms with E-state index in [2.05, 4.69) is 21.2 Å². The Balaban J connectivity index is 2.58. The Morgan fingerprint density at radius 2 is 2.33 bits per heavy atom. The molecule has 3 nitrogen and oxygen atoms in total. The average molecular weight is 293 g/mol. The van der Waals surface area contributed by atoms with Crippen LogP contribution in [0.2, 0.25) is 5.02 Å². The lowest BCUT2D eigenvalue weighted by atomic mass is 10.1. The topological polar surface area (TPSA) is 38.3 Å². The van der Waals surface area contributed by atoms with Crippen LogP contribution >= 0.6 is 27.5 Å². The van der Waals surface area contributed by atoms with Gasteiger partial charge in [0.05, 0.1) is 7.11 Å². The van der Waals surface area contributed by atoms with E-state index in [1.54, 1.807) is 13.2 Å². The molecule has 0 spiro atoms. The molecule has 0 fully saturated rings. The van der Waals surface area contributed by atoms with Crippen molar-refractivity contribution in [2.75, 3.05) is 13.7 Å². The lowest BCUT2D eigenvalue weighted by Crippen LogP contribution is -2.19. The van der Waals surface area contributed by atoms with Gasteiger partial charge in [-0.2, -0.15) is 0 Å². The standard InChI is InChI=1S/C10H11BrClNO2/c1-15-8-3-2-7(9(12)6-8)4-5-13-10(11)14/h2-3,6H,4-5H2,1H3,(H,13,14). The Morgan fingerprint density at radius 1 is 1.60 bits per heavy atom. The fraction of sp³-hybridized carbons (Fsp3) is 0.300. The predicted molar refractivity (Wildman–Crippen MR) is 64.0 cm³/mol. The molecule has 0 radical (unpaired) electrons. The molecule has 0 saturated heterocycles. The van der Waals surface area contributed by atoms with Gasteiger partial charge in [0, 0.05) is 27.5 Å². The highest BCUT2D eigenvalue weighted by molar-refractivity contribution is 9.18. The summed E-state index contributed by atoms with van der Waals surface area (Å²) in [5.74, 6) is 0.730. The van der Waals surface area contributed by atoms with E-state index in [1.165, 1.54) is 0 Å². The van der Waals surface area contributed by atoms with E-state index < -0.39 is 0 Å². The van der Waals surface area contributed by atoms with Crippen molar-refractivity contribution < 1.29 is 9.53 Å². The fourth-order valence-corrected chi connectivity index (χ4v) is 1.62. The van der Waals surface area contributed by atoms with Crippen LogP contribution in [0.1, 0.15) is 5.56 Å². The number of carbonyl (C=O) groups excluding carboxylic acids is 1. The maximum Gasteiger partial charge on any atom is 0.287 e. The molecule has 1 amide bonds. The molecule has 0 aliphatic carbocycles. The fourth-order valence-electron chi connectivity index (χ4n) is 1.15. The molecule has 0 atom stereocenters. The average Bonchev–Trinajstić information content (AvgIpc) is 2.20. The molecule has 0 bridgehead atoms. The van der Waals surface area contributed by atoms with Crippen molar-refractivity contribution in [2.45, 2.75) is 6.42 Å². The first-order valence-corrected chi connectivity index (χ1v) is 5.56. The van der Waals surface area contributed by atoms with Gasteiger partial charge in [-0.3, -0.25) is 4.79 Å². The van der Waals surface area contributed by atoms with Crippen molar-refractivity contribution in [1.82, 2.24) is 5.32 Å². The van der Waals surface area contributed by atoms with Crippen LogP contribution in [-0.4, -0.2) is 18.5 Å². The lowest BCUT2D eigenvalue weighted by Gasteiger charge is -2.06. The molecule has 5 heteroatoms. The van der Waals surface area contributed by atoms with Gasteiger partial charge in [0.25, 0.3) is 4.82 Å². The summed E-state index contributed by atoms with van der Waals surface area (Å²) in [6, 6.07) is 5.49. The molecule has 82 valence electrons. The van der Waals surface area contributed by atoms with Crippen molar-refractivity contribution in [3.8, 4) is 5.75 Å². The first kappa shape index (κ1) is 12.3. The molecular weight excluding hydrogens is 281 g/mol. The van der Waals surface area contributed by atoms with Gasteiger partial charge in [0.2, 0.25) is 0 Å². The highest BCUT2D eigenvalue weighted by Crippen LogP contribution is 2.22. The second-order valence-electron chi connectivity index (χ2n) is 2.91. The molecule has 15 heavy (non-hydrogen) atoms. The zero-order valence-electron chi connectivity index (χ0n) is 8.22. The SMILES string of the molecule is COc1ccc(CCNC(=O)Br)c(Cl)c1. The largest absolute Gasteiger partial charge is 0.497 e. The zero-order chi connectivity index (χ0) is 11.3. The number of rotatable bonds is 4. The second-order valence-corrected chi connectivity index (χ2v) is 4.04. The maximum absolute atomic E-state index is 10.6. The minimum atomic E-state index is -0.216. The third-order valence-electron chi connectivity index (χ3n) is 1.92.